The molecule has 0 aliphatic rings. The van der Waals surface area contributed by atoms with Crippen molar-refractivity contribution in [1.82, 2.24) is 0 Å². The first-order valence-electron chi connectivity index (χ1n) is 5.75. The summed E-state index contributed by atoms with van der Waals surface area (Å²) in [5, 5.41) is 13.4. The largest absolute Gasteiger partial charge is 0.481 e. The first-order valence-corrected chi connectivity index (χ1v) is 6.13. The Hall–Kier alpha value is -2.02. The van der Waals surface area contributed by atoms with E-state index < -0.39 is 41.4 Å². The van der Waals surface area contributed by atoms with Gasteiger partial charge in [0.2, 0.25) is 0 Å². The number of Topliss-reactive ketones (excluding diaryl/α,β-unsaturated/α-hetero) is 1. The van der Waals surface area contributed by atoms with E-state index in [0.29, 0.717) is 0 Å². The fourth-order valence-electron chi connectivity index (χ4n) is 1.81. The Bertz CT molecular complexity index is 527. The minimum atomic E-state index is -4.15. The van der Waals surface area contributed by atoms with Gasteiger partial charge in [0.05, 0.1) is 5.92 Å². The van der Waals surface area contributed by atoms with E-state index in [1.54, 1.807) is 6.07 Å². The maximum atomic E-state index is 13.3. The molecular weight excluding hydrogens is 310 g/mol. The second kappa shape index (κ2) is 6.62. The first-order chi connectivity index (χ1) is 9.64. The molecule has 0 spiro atoms. The van der Waals surface area contributed by atoms with Gasteiger partial charge in [-0.05, 0) is 11.6 Å². The molecular formula is C13H11ClF2O5. The van der Waals surface area contributed by atoms with E-state index in [1.165, 1.54) is 24.3 Å². The van der Waals surface area contributed by atoms with E-state index in [4.69, 9.17) is 21.8 Å². The molecule has 21 heavy (non-hydrogen) atoms. The molecule has 0 saturated heterocycles. The average molecular weight is 321 g/mol. The zero-order valence-electron chi connectivity index (χ0n) is 10.5. The van der Waals surface area contributed by atoms with Gasteiger partial charge in [-0.2, -0.15) is 8.78 Å². The third kappa shape index (κ3) is 4.49. The van der Waals surface area contributed by atoms with Gasteiger partial charge in [-0.3, -0.25) is 14.4 Å². The molecule has 0 unspecified atom stereocenters. The van der Waals surface area contributed by atoms with Crippen LogP contribution in [0.15, 0.2) is 30.3 Å². The molecule has 1 aromatic rings. The van der Waals surface area contributed by atoms with Gasteiger partial charge < -0.3 is 10.2 Å². The number of carboxylic acids is 2. The number of hydrogen-bond donors (Lipinski definition) is 2. The van der Waals surface area contributed by atoms with Crippen molar-refractivity contribution < 1.29 is 33.4 Å². The molecule has 0 aromatic heterocycles. The van der Waals surface area contributed by atoms with Gasteiger partial charge in [0.15, 0.2) is 11.7 Å². The van der Waals surface area contributed by atoms with Crippen LogP contribution in [0.2, 0.25) is 0 Å². The van der Waals surface area contributed by atoms with Crippen molar-refractivity contribution >= 4 is 29.3 Å². The number of hydrogen-bond acceptors (Lipinski definition) is 3. The van der Waals surface area contributed by atoms with Gasteiger partial charge in [-0.25, -0.2) is 0 Å². The van der Waals surface area contributed by atoms with Crippen molar-refractivity contribution in [3.8, 4) is 0 Å². The number of benzene rings is 1. The zero-order chi connectivity index (χ0) is 16.2. The smallest absolute Gasteiger partial charge is 0.326 e. The molecule has 1 rings (SSSR count). The first kappa shape index (κ1) is 17.0. The normalized spacial score (nSPS) is 13.0. The number of carbonyl (C=O) groups is 3. The molecule has 1 aromatic carbocycles. The van der Waals surface area contributed by atoms with Crippen molar-refractivity contribution in [1.29, 1.82) is 0 Å². The van der Waals surface area contributed by atoms with Crippen LogP contribution in [0.3, 0.4) is 0 Å². The summed E-state index contributed by atoms with van der Waals surface area (Å²) in [4.78, 5) is 33.6. The molecule has 0 amide bonds. The lowest BCUT2D eigenvalue weighted by Gasteiger charge is -2.24. The third-order valence-corrected chi connectivity index (χ3v) is 3.14. The van der Waals surface area contributed by atoms with E-state index >= 15 is 0 Å². The Morgan fingerprint density at radius 2 is 1.57 bits per heavy atom. The fraction of sp³-hybridized carbons (Fsp3) is 0.308. The summed E-state index contributed by atoms with van der Waals surface area (Å²) in [6, 6.07) is 7.28. The standard InChI is InChI=1S/C13H11ClF2O5/c14-13(15,16)8(10(11(18)19)12(20)21)6-9(17)7-4-2-1-3-5-7/h1-5,8,10H,6H2,(H,18,19)(H,20,21)/t8-/m0/s1. The van der Waals surface area contributed by atoms with Gasteiger partial charge in [0.1, 0.15) is 0 Å². The van der Waals surface area contributed by atoms with Crippen LogP contribution < -0.4 is 0 Å². The van der Waals surface area contributed by atoms with Crippen molar-refractivity contribution in [2.45, 2.75) is 11.8 Å². The monoisotopic (exact) mass is 320 g/mol. The van der Waals surface area contributed by atoms with E-state index in [-0.39, 0.29) is 5.56 Å². The van der Waals surface area contributed by atoms with Crippen LogP contribution in [0.4, 0.5) is 8.78 Å². The lowest BCUT2D eigenvalue weighted by molar-refractivity contribution is -0.162. The van der Waals surface area contributed by atoms with Gasteiger partial charge >= 0.3 is 17.3 Å². The van der Waals surface area contributed by atoms with E-state index in [9.17, 15) is 23.2 Å². The lowest BCUT2D eigenvalue weighted by atomic mass is 9.86. The molecule has 0 aliphatic carbocycles. The maximum Gasteiger partial charge on any atom is 0.326 e. The highest BCUT2D eigenvalue weighted by Crippen LogP contribution is 2.38. The zero-order valence-corrected chi connectivity index (χ0v) is 11.3. The summed E-state index contributed by atoms with van der Waals surface area (Å²) < 4.78 is 26.6. The highest BCUT2D eigenvalue weighted by atomic mass is 35.5. The van der Waals surface area contributed by atoms with Gasteiger partial charge in [0.25, 0.3) is 0 Å². The summed E-state index contributed by atoms with van der Waals surface area (Å²) >= 11 is 4.80. The van der Waals surface area contributed by atoms with Crippen LogP contribution in [0.25, 0.3) is 0 Å². The van der Waals surface area contributed by atoms with Crippen LogP contribution in [0, 0.1) is 11.8 Å². The number of carboxylic acid groups (broad SMARTS) is 2. The lowest BCUT2D eigenvalue weighted by Crippen LogP contribution is -2.40. The third-order valence-electron chi connectivity index (χ3n) is 2.86. The van der Waals surface area contributed by atoms with E-state index in [1.807, 2.05) is 0 Å². The average Bonchev–Trinajstić information content (AvgIpc) is 2.36. The molecule has 0 bridgehead atoms. The van der Waals surface area contributed by atoms with Crippen LogP contribution in [0.1, 0.15) is 16.8 Å². The Labute approximate surface area is 123 Å². The number of halogens is 3. The summed E-state index contributed by atoms with van der Waals surface area (Å²) in [6.07, 6.45) is -0.996. The highest BCUT2D eigenvalue weighted by Gasteiger charge is 2.50. The second-order valence-corrected chi connectivity index (χ2v) is 4.80. The summed E-state index contributed by atoms with van der Waals surface area (Å²) in [6.45, 7) is 0. The predicted octanol–water partition coefficient (Wildman–Crippen LogP) is 2.49. The molecule has 5 nitrogen and oxygen atoms in total. The van der Waals surface area contributed by atoms with Crippen molar-refractivity contribution in [2.75, 3.05) is 0 Å². The molecule has 114 valence electrons. The van der Waals surface area contributed by atoms with Crippen LogP contribution >= 0.6 is 11.6 Å². The van der Waals surface area contributed by atoms with Gasteiger partial charge in [-0.1, -0.05) is 30.3 Å². The molecule has 0 radical (unpaired) electrons. The number of aliphatic carboxylic acids is 2. The topological polar surface area (TPSA) is 91.7 Å². The number of rotatable bonds is 7. The summed E-state index contributed by atoms with van der Waals surface area (Å²) in [5.74, 6) is -9.61. The number of ketones is 1. The minimum Gasteiger partial charge on any atom is -0.481 e. The Morgan fingerprint density at radius 3 is 1.95 bits per heavy atom. The number of carbonyl (C=O) groups excluding carboxylic acids is 1. The summed E-state index contributed by atoms with van der Waals surface area (Å²) in [5.41, 5.74) is 0.0675. The maximum absolute atomic E-state index is 13.3. The molecule has 0 fully saturated rings. The Balaban J connectivity index is 3.08. The second-order valence-electron chi connectivity index (χ2n) is 4.30. The summed E-state index contributed by atoms with van der Waals surface area (Å²) in [7, 11) is 0. The van der Waals surface area contributed by atoms with Crippen molar-refractivity contribution in [3.63, 3.8) is 0 Å². The molecule has 0 aliphatic heterocycles. The van der Waals surface area contributed by atoms with Crippen LogP contribution in [0.5, 0.6) is 0 Å². The Kier molecular flexibility index (Phi) is 5.37. The molecule has 2 N–H and O–H groups in total. The van der Waals surface area contributed by atoms with Gasteiger partial charge in [0, 0.05) is 12.0 Å². The van der Waals surface area contributed by atoms with Crippen molar-refractivity contribution in [3.05, 3.63) is 35.9 Å². The SMILES string of the molecule is O=C(C[C@@H](C(C(=O)O)C(=O)O)C(F)(F)Cl)c1ccccc1. The van der Waals surface area contributed by atoms with Crippen molar-refractivity contribution in [2.24, 2.45) is 11.8 Å². The number of alkyl halides is 3. The van der Waals surface area contributed by atoms with E-state index in [2.05, 4.69) is 0 Å². The quantitative estimate of drug-likeness (QED) is 0.457. The van der Waals surface area contributed by atoms with Crippen LogP contribution in [-0.2, 0) is 9.59 Å². The molecule has 0 saturated carbocycles. The minimum absolute atomic E-state index is 0.0675. The molecule has 8 heteroatoms. The van der Waals surface area contributed by atoms with Gasteiger partial charge in [-0.15, -0.1) is 0 Å². The molecule has 0 heterocycles. The Morgan fingerprint density at radius 1 is 1.10 bits per heavy atom. The molecule has 1 atom stereocenters. The van der Waals surface area contributed by atoms with Crippen LogP contribution in [-0.4, -0.2) is 33.3 Å². The highest BCUT2D eigenvalue weighted by molar-refractivity contribution is 6.22. The van der Waals surface area contributed by atoms with E-state index in [0.717, 1.165) is 0 Å². The fourth-order valence-corrected chi connectivity index (χ4v) is 2.02. The predicted molar refractivity (Wildman–Crippen MR) is 68.4 cm³/mol.